The minimum Gasteiger partial charge on any atom is -0.469 e. The fourth-order valence-corrected chi connectivity index (χ4v) is 1.33. The SMILES string of the molecule is COC(=O)C(C)N(C)Cc1ccoc1C. The second kappa shape index (κ2) is 4.98. The van der Waals surface area contributed by atoms with Crippen LogP contribution in [0.3, 0.4) is 0 Å². The molecule has 0 spiro atoms. The number of hydrogen-bond donors (Lipinski definition) is 0. The Labute approximate surface area is 89.8 Å². The van der Waals surface area contributed by atoms with Crippen LogP contribution in [0.15, 0.2) is 16.7 Å². The Morgan fingerprint density at radius 3 is 2.80 bits per heavy atom. The molecule has 4 heteroatoms. The molecule has 1 aromatic heterocycles. The lowest BCUT2D eigenvalue weighted by atomic mass is 10.2. The molecule has 1 atom stereocenters. The molecule has 0 bridgehead atoms. The number of esters is 1. The molecular formula is C11H17NO3. The van der Waals surface area contributed by atoms with E-state index in [1.807, 2.05) is 31.9 Å². The van der Waals surface area contributed by atoms with E-state index in [0.717, 1.165) is 11.3 Å². The van der Waals surface area contributed by atoms with Crippen molar-refractivity contribution in [2.75, 3.05) is 14.2 Å². The maximum absolute atomic E-state index is 11.3. The lowest BCUT2D eigenvalue weighted by Crippen LogP contribution is -2.36. The Morgan fingerprint density at radius 2 is 2.33 bits per heavy atom. The quantitative estimate of drug-likeness (QED) is 0.709. The van der Waals surface area contributed by atoms with Gasteiger partial charge in [0.25, 0.3) is 0 Å². The van der Waals surface area contributed by atoms with Gasteiger partial charge in [-0.3, -0.25) is 9.69 Å². The van der Waals surface area contributed by atoms with Crippen LogP contribution in [0.25, 0.3) is 0 Å². The monoisotopic (exact) mass is 211 g/mol. The van der Waals surface area contributed by atoms with Gasteiger partial charge in [0.15, 0.2) is 0 Å². The zero-order valence-corrected chi connectivity index (χ0v) is 9.61. The zero-order chi connectivity index (χ0) is 11.4. The average molecular weight is 211 g/mol. The lowest BCUT2D eigenvalue weighted by Gasteiger charge is -2.21. The Bertz CT molecular complexity index is 332. The van der Waals surface area contributed by atoms with Gasteiger partial charge in [-0.1, -0.05) is 0 Å². The summed E-state index contributed by atoms with van der Waals surface area (Å²) in [7, 11) is 3.28. The van der Waals surface area contributed by atoms with E-state index in [2.05, 4.69) is 4.74 Å². The fourth-order valence-electron chi connectivity index (χ4n) is 1.33. The first-order valence-electron chi connectivity index (χ1n) is 4.87. The van der Waals surface area contributed by atoms with Gasteiger partial charge in [0.2, 0.25) is 0 Å². The van der Waals surface area contributed by atoms with Crippen molar-refractivity contribution in [3.63, 3.8) is 0 Å². The molecule has 15 heavy (non-hydrogen) atoms. The van der Waals surface area contributed by atoms with Gasteiger partial charge in [-0.05, 0) is 27.0 Å². The Kier molecular flexibility index (Phi) is 3.91. The number of hydrogen-bond acceptors (Lipinski definition) is 4. The summed E-state index contributed by atoms with van der Waals surface area (Å²) >= 11 is 0. The first-order valence-corrected chi connectivity index (χ1v) is 4.87. The summed E-state index contributed by atoms with van der Waals surface area (Å²) in [6, 6.07) is 1.67. The van der Waals surface area contributed by atoms with Crippen LogP contribution in [-0.2, 0) is 16.1 Å². The summed E-state index contributed by atoms with van der Waals surface area (Å²) in [4.78, 5) is 13.2. The van der Waals surface area contributed by atoms with Gasteiger partial charge in [0, 0.05) is 12.1 Å². The van der Waals surface area contributed by atoms with Gasteiger partial charge in [0.1, 0.15) is 11.8 Å². The van der Waals surface area contributed by atoms with E-state index in [4.69, 9.17) is 4.42 Å². The van der Waals surface area contributed by atoms with Crippen LogP contribution < -0.4 is 0 Å². The molecule has 1 rings (SSSR count). The predicted molar refractivity (Wildman–Crippen MR) is 56.4 cm³/mol. The molecule has 1 unspecified atom stereocenters. The first-order chi connectivity index (χ1) is 7.06. The van der Waals surface area contributed by atoms with Gasteiger partial charge >= 0.3 is 5.97 Å². The fraction of sp³-hybridized carbons (Fsp3) is 0.545. The first kappa shape index (κ1) is 11.8. The number of rotatable bonds is 4. The second-order valence-corrected chi connectivity index (χ2v) is 3.62. The van der Waals surface area contributed by atoms with Crippen molar-refractivity contribution in [2.45, 2.75) is 26.4 Å². The molecule has 0 fully saturated rings. The number of ether oxygens (including phenoxy) is 1. The molecule has 0 aliphatic heterocycles. The van der Waals surface area contributed by atoms with E-state index in [-0.39, 0.29) is 12.0 Å². The highest BCUT2D eigenvalue weighted by atomic mass is 16.5. The molecule has 0 saturated heterocycles. The number of methoxy groups -OCH3 is 1. The van der Waals surface area contributed by atoms with Gasteiger partial charge in [0.05, 0.1) is 13.4 Å². The Hall–Kier alpha value is -1.29. The van der Waals surface area contributed by atoms with Gasteiger partial charge in [-0.2, -0.15) is 0 Å². The normalized spacial score (nSPS) is 12.9. The number of carbonyl (C=O) groups excluding carboxylic acids is 1. The molecule has 4 nitrogen and oxygen atoms in total. The zero-order valence-electron chi connectivity index (χ0n) is 9.61. The summed E-state index contributed by atoms with van der Waals surface area (Å²) in [6.45, 7) is 4.41. The molecule has 0 N–H and O–H groups in total. The van der Waals surface area contributed by atoms with Crippen molar-refractivity contribution < 1.29 is 13.9 Å². The Morgan fingerprint density at radius 1 is 1.67 bits per heavy atom. The standard InChI is InChI=1S/C11H17NO3/c1-8(11(13)14-4)12(3)7-10-5-6-15-9(10)2/h5-6,8H,7H2,1-4H3. The van der Waals surface area contributed by atoms with Crippen LogP contribution >= 0.6 is 0 Å². The lowest BCUT2D eigenvalue weighted by molar-refractivity contribution is -0.145. The maximum Gasteiger partial charge on any atom is 0.322 e. The minimum atomic E-state index is -0.246. The molecule has 84 valence electrons. The van der Waals surface area contributed by atoms with Crippen molar-refractivity contribution >= 4 is 5.97 Å². The van der Waals surface area contributed by atoms with Crippen molar-refractivity contribution in [1.29, 1.82) is 0 Å². The third kappa shape index (κ3) is 2.83. The van der Waals surface area contributed by atoms with Crippen LogP contribution in [-0.4, -0.2) is 31.1 Å². The molecule has 0 amide bonds. The van der Waals surface area contributed by atoms with E-state index in [1.54, 1.807) is 6.26 Å². The highest BCUT2D eigenvalue weighted by Crippen LogP contribution is 2.12. The van der Waals surface area contributed by atoms with Crippen LogP contribution in [0.1, 0.15) is 18.2 Å². The van der Waals surface area contributed by atoms with Gasteiger partial charge in [-0.15, -0.1) is 0 Å². The molecule has 1 heterocycles. The van der Waals surface area contributed by atoms with Crippen molar-refractivity contribution in [3.8, 4) is 0 Å². The van der Waals surface area contributed by atoms with E-state index in [9.17, 15) is 4.79 Å². The third-order valence-corrected chi connectivity index (χ3v) is 2.59. The summed E-state index contributed by atoms with van der Waals surface area (Å²) in [5.74, 6) is 0.664. The minimum absolute atomic E-state index is 0.223. The highest BCUT2D eigenvalue weighted by Gasteiger charge is 2.19. The summed E-state index contributed by atoms with van der Waals surface area (Å²) in [6.07, 6.45) is 1.65. The molecule has 0 aliphatic rings. The van der Waals surface area contributed by atoms with E-state index in [1.165, 1.54) is 7.11 Å². The van der Waals surface area contributed by atoms with Crippen LogP contribution in [0.5, 0.6) is 0 Å². The van der Waals surface area contributed by atoms with Gasteiger partial charge in [-0.25, -0.2) is 0 Å². The second-order valence-electron chi connectivity index (χ2n) is 3.62. The molecular weight excluding hydrogens is 194 g/mol. The predicted octanol–water partition coefficient (Wildman–Crippen LogP) is 1.58. The number of furan rings is 1. The van der Waals surface area contributed by atoms with E-state index >= 15 is 0 Å². The van der Waals surface area contributed by atoms with Crippen LogP contribution in [0.4, 0.5) is 0 Å². The number of aryl methyl sites for hydroxylation is 1. The average Bonchev–Trinajstić information content (AvgIpc) is 2.62. The van der Waals surface area contributed by atoms with Crippen LogP contribution in [0, 0.1) is 6.92 Å². The van der Waals surface area contributed by atoms with E-state index < -0.39 is 0 Å². The van der Waals surface area contributed by atoms with Crippen molar-refractivity contribution in [3.05, 3.63) is 23.7 Å². The highest BCUT2D eigenvalue weighted by molar-refractivity contribution is 5.75. The summed E-state index contributed by atoms with van der Waals surface area (Å²) in [5, 5.41) is 0. The topological polar surface area (TPSA) is 42.7 Å². The van der Waals surface area contributed by atoms with Crippen LogP contribution in [0.2, 0.25) is 0 Å². The smallest absolute Gasteiger partial charge is 0.322 e. The molecule has 1 aromatic rings. The van der Waals surface area contributed by atoms with E-state index in [0.29, 0.717) is 6.54 Å². The summed E-state index contributed by atoms with van der Waals surface area (Å²) in [5.41, 5.74) is 1.09. The largest absolute Gasteiger partial charge is 0.469 e. The molecule has 0 radical (unpaired) electrons. The number of likely N-dealkylation sites (N-methyl/N-ethyl adjacent to an activating group) is 1. The molecule has 0 saturated carbocycles. The Balaban J connectivity index is 2.59. The molecule has 0 aromatic carbocycles. The number of carbonyl (C=O) groups is 1. The van der Waals surface area contributed by atoms with Crippen molar-refractivity contribution in [2.24, 2.45) is 0 Å². The third-order valence-electron chi connectivity index (χ3n) is 2.59. The maximum atomic E-state index is 11.3. The van der Waals surface area contributed by atoms with Crippen molar-refractivity contribution in [1.82, 2.24) is 4.90 Å². The molecule has 0 aliphatic carbocycles. The summed E-state index contributed by atoms with van der Waals surface area (Å²) < 4.78 is 9.87. The number of nitrogens with zero attached hydrogens (tertiary/aromatic N) is 1. The van der Waals surface area contributed by atoms with Gasteiger partial charge < -0.3 is 9.15 Å².